The van der Waals surface area contributed by atoms with Crippen molar-refractivity contribution in [2.45, 2.75) is 57.0 Å². The van der Waals surface area contributed by atoms with Gasteiger partial charge in [-0.2, -0.15) is 0 Å². The van der Waals surface area contributed by atoms with Crippen LogP contribution in [-0.2, 0) is 4.79 Å². The third-order valence-electron chi connectivity index (χ3n) is 7.14. The van der Waals surface area contributed by atoms with Gasteiger partial charge >= 0.3 is 0 Å². The number of hydrogen-bond donors (Lipinski definition) is 1. The van der Waals surface area contributed by atoms with Crippen LogP contribution < -0.4 is 5.32 Å². The largest absolute Gasteiger partial charge is 0.468 e. The zero-order valence-electron chi connectivity index (χ0n) is 14.3. The molecule has 4 saturated carbocycles. The van der Waals surface area contributed by atoms with Crippen LogP contribution in [0.2, 0.25) is 0 Å². The standard InChI is InChI=1S/C20H28N2O2/c23-19(12-22-5-1-3-17(22)18-4-2-6-24-18)21-20-15-8-13-7-14(10-15)11-16(20)9-13/h2,4,6,13-17,20H,1,3,5,7-12H2,(H,21,23). The van der Waals surface area contributed by atoms with Crippen molar-refractivity contribution in [1.82, 2.24) is 10.2 Å². The molecule has 5 aliphatic rings. The van der Waals surface area contributed by atoms with E-state index >= 15 is 0 Å². The fraction of sp³-hybridized carbons (Fsp3) is 0.750. The molecule has 130 valence electrons. The van der Waals surface area contributed by atoms with E-state index in [-0.39, 0.29) is 11.9 Å². The van der Waals surface area contributed by atoms with Crippen molar-refractivity contribution in [3.8, 4) is 0 Å². The third-order valence-corrected chi connectivity index (χ3v) is 7.14. The summed E-state index contributed by atoms with van der Waals surface area (Å²) in [6, 6.07) is 4.72. The highest BCUT2D eigenvalue weighted by Crippen LogP contribution is 2.53. The molecule has 1 unspecified atom stereocenters. The Hall–Kier alpha value is -1.29. The van der Waals surface area contributed by atoms with Gasteiger partial charge in [0.2, 0.25) is 5.91 Å². The highest BCUT2D eigenvalue weighted by atomic mass is 16.3. The molecule has 1 amide bonds. The van der Waals surface area contributed by atoms with Crippen molar-refractivity contribution >= 4 is 5.91 Å². The van der Waals surface area contributed by atoms with Gasteiger partial charge in [0, 0.05) is 6.04 Å². The van der Waals surface area contributed by atoms with E-state index in [1.54, 1.807) is 6.26 Å². The maximum atomic E-state index is 12.7. The number of nitrogens with zero attached hydrogens (tertiary/aromatic N) is 1. The molecule has 6 rings (SSSR count). The van der Waals surface area contributed by atoms with E-state index in [0.717, 1.165) is 48.8 Å². The fourth-order valence-electron chi connectivity index (χ4n) is 6.40. The summed E-state index contributed by atoms with van der Waals surface area (Å²) in [5.41, 5.74) is 0. The van der Waals surface area contributed by atoms with Gasteiger partial charge in [-0.15, -0.1) is 0 Å². The Morgan fingerprint density at radius 3 is 2.58 bits per heavy atom. The van der Waals surface area contributed by atoms with Gasteiger partial charge in [0.25, 0.3) is 0 Å². The summed E-state index contributed by atoms with van der Waals surface area (Å²) in [5.74, 6) is 4.67. The minimum Gasteiger partial charge on any atom is -0.468 e. The molecular formula is C20H28N2O2. The molecule has 24 heavy (non-hydrogen) atoms. The van der Waals surface area contributed by atoms with Gasteiger partial charge in [0.1, 0.15) is 5.76 Å². The van der Waals surface area contributed by atoms with Crippen molar-refractivity contribution in [2.75, 3.05) is 13.1 Å². The molecule has 1 aromatic rings. The Morgan fingerprint density at radius 2 is 1.92 bits per heavy atom. The highest BCUT2D eigenvalue weighted by Gasteiger charge is 2.48. The first kappa shape index (κ1) is 15.0. The van der Waals surface area contributed by atoms with E-state index in [0.29, 0.717) is 12.6 Å². The fourth-order valence-corrected chi connectivity index (χ4v) is 6.40. The summed E-state index contributed by atoms with van der Waals surface area (Å²) >= 11 is 0. The predicted molar refractivity (Wildman–Crippen MR) is 91.2 cm³/mol. The SMILES string of the molecule is O=C(CN1CCCC1c1ccco1)NC1C2CC3CC(C2)CC1C3. The van der Waals surface area contributed by atoms with Crippen molar-refractivity contribution in [3.63, 3.8) is 0 Å². The van der Waals surface area contributed by atoms with Gasteiger partial charge in [0.05, 0.1) is 18.8 Å². The zero-order valence-corrected chi connectivity index (χ0v) is 14.3. The molecule has 4 aliphatic carbocycles. The first-order valence-corrected chi connectivity index (χ1v) is 9.83. The molecule has 4 nitrogen and oxygen atoms in total. The Bertz CT molecular complexity index is 569. The Balaban J connectivity index is 1.22. The monoisotopic (exact) mass is 328 g/mol. The number of nitrogens with one attached hydrogen (secondary N) is 1. The van der Waals surface area contributed by atoms with Gasteiger partial charge in [-0.05, 0) is 87.3 Å². The summed E-state index contributed by atoms with van der Waals surface area (Å²) in [7, 11) is 0. The minimum atomic E-state index is 0.228. The summed E-state index contributed by atoms with van der Waals surface area (Å²) in [6.45, 7) is 1.52. The van der Waals surface area contributed by atoms with Crippen LogP contribution in [0, 0.1) is 23.7 Å². The number of carbonyl (C=O) groups excluding carboxylic acids is 1. The molecule has 1 aromatic heterocycles. The summed E-state index contributed by atoms with van der Waals surface area (Å²) in [6.07, 6.45) is 10.9. The van der Waals surface area contributed by atoms with Crippen LogP contribution in [0.3, 0.4) is 0 Å². The quantitative estimate of drug-likeness (QED) is 0.922. The first-order valence-electron chi connectivity index (χ1n) is 9.83. The Morgan fingerprint density at radius 1 is 1.17 bits per heavy atom. The second-order valence-electron chi connectivity index (χ2n) is 8.67. The average molecular weight is 328 g/mol. The van der Waals surface area contributed by atoms with E-state index < -0.39 is 0 Å². The van der Waals surface area contributed by atoms with Crippen molar-refractivity contribution in [2.24, 2.45) is 23.7 Å². The average Bonchev–Trinajstić information content (AvgIpc) is 3.21. The lowest BCUT2D eigenvalue weighted by molar-refractivity contribution is -0.126. The lowest BCUT2D eigenvalue weighted by Gasteiger charge is -2.54. The molecule has 0 aromatic carbocycles. The number of likely N-dealkylation sites (tertiary alicyclic amines) is 1. The summed E-state index contributed by atoms with van der Waals surface area (Å²) in [5, 5.41) is 3.44. The Kier molecular flexibility index (Phi) is 3.69. The number of furan rings is 1. The van der Waals surface area contributed by atoms with Gasteiger partial charge in [-0.25, -0.2) is 0 Å². The number of carbonyl (C=O) groups is 1. The minimum absolute atomic E-state index is 0.228. The second kappa shape index (κ2) is 5.91. The van der Waals surface area contributed by atoms with Gasteiger partial charge in [-0.3, -0.25) is 9.69 Å². The van der Waals surface area contributed by atoms with Crippen LogP contribution in [0.5, 0.6) is 0 Å². The van der Waals surface area contributed by atoms with E-state index in [9.17, 15) is 4.79 Å². The Labute approximate surface area is 144 Å². The van der Waals surface area contributed by atoms with Crippen LogP contribution in [0.25, 0.3) is 0 Å². The molecule has 4 heteroatoms. The van der Waals surface area contributed by atoms with Crippen LogP contribution in [0.4, 0.5) is 0 Å². The van der Waals surface area contributed by atoms with Crippen LogP contribution in [0.1, 0.15) is 56.7 Å². The lowest BCUT2D eigenvalue weighted by atomic mass is 9.54. The van der Waals surface area contributed by atoms with Crippen molar-refractivity contribution in [1.29, 1.82) is 0 Å². The normalized spacial score (nSPS) is 41.0. The molecule has 4 bridgehead atoms. The summed E-state index contributed by atoms with van der Waals surface area (Å²) in [4.78, 5) is 15.0. The van der Waals surface area contributed by atoms with Crippen molar-refractivity contribution < 1.29 is 9.21 Å². The van der Waals surface area contributed by atoms with Gasteiger partial charge in [0.15, 0.2) is 0 Å². The lowest BCUT2D eigenvalue weighted by Crippen LogP contribution is -2.57. The molecular weight excluding hydrogens is 300 g/mol. The zero-order chi connectivity index (χ0) is 16.1. The maximum Gasteiger partial charge on any atom is 0.234 e. The van der Waals surface area contributed by atoms with E-state index in [2.05, 4.69) is 10.2 Å². The number of rotatable bonds is 4. The van der Waals surface area contributed by atoms with E-state index in [4.69, 9.17) is 4.42 Å². The second-order valence-corrected chi connectivity index (χ2v) is 8.67. The van der Waals surface area contributed by atoms with Crippen molar-refractivity contribution in [3.05, 3.63) is 24.2 Å². The first-order chi connectivity index (χ1) is 11.8. The molecule has 0 spiro atoms. The van der Waals surface area contributed by atoms with E-state index in [1.807, 2.05) is 12.1 Å². The predicted octanol–water partition coefficient (Wildman–Crippen LogP) is 3.36. The molecule has 1 N–H and O–H groups in total. The summed E-state index contributed by atoms with van der Waals surface area (Å²) < 4.78 is 5.58. The molecule has 1 aliphatic heterocycles. The highest BCUT2D eigenvalue weighted by molar-refractivity contribution is 5.78. The smallest absolute Gasteiger partial charge is 0.234 e. The van der Waals surface area contributed by atoms with Gasteiger partial charge < -0.3 is 9.73 Å². The number of hydrogen-bond acceptors (Lipinski definition) is 3. The molecule has 0 radical (unpaired) electrons. The molecule has 1 atom stereocenters. The molecule has 2 heterocycles. The maximum absolute atomic E-state index is 12.7. The van der Waals surface area contributed by atoms with Gasteiger partial charge in [-0.1, -0.05) is 0 Å². The third kappa shape index (κ3) is 2.59. The number of amides is 1. The van der Waals surface area contributed by atoms with Crippen LogP contribution in [-0.4, -0.2) is 29.9 Å². The molecule has 5 fully saturated rings. The van der Waals surface area contributed by atoms with Crippen LogP contribution in [0.15, 0.2) is 22.8 Å². The van der Waals surface area contributed by atoms with E-state index in [1.165, 1.54) is 32.1 Å². The van der Waals surface area contributed by atoms with Crippen LogP contribution >= 0.6 is 0 Å². The topological polar surface area (TPSA) is 45.5 Å². The molecule has 1 saturated heterocycles.